The third kappa shape index (κ3) is 4.79. The van der Waals surface area contributed by atoms with E-state index in [2.05, 4.69) is 10.4 Å². The predicted molar refractivity (Wildman–Crippen MR) is 116 cm³/mol. The van der Waals surface area contributed by atoms with E-state index < -0.39 is 28.7 Å². The minimum absolute atomic E-state index is 0.123. The molecule has 2 aromatic carbocycles. The summed E-state index contributed by atoms with van der Waals surface area (Å²) in [5.41, 5.74) is -1.16. The summed E-state index contributed by atoms with van der Waals surface area (Å²) < 4.78 is 20.6. The van der Waals surface area contributed by atoms with Crippen LogP contribution in [0.2, 0.25) is 5.02 Å². The van der Waals surface area contributed by atoms with Gasteiger partial charge in [0.2, 0.25) is 5.69 Å². The average molecular weight is 459 g/mol. The van der Waals surface area contributed by atoms with Crippen molar-refractivity contribution in [1.29, 1.82) is 0 Å². The molecule has 0 unspecified atom stereocenters. The summed E-state index contributed by atoms with van der Waals surface area (Å²) in [7, 11) is 0. The number of ether oxygens (including phenoxy) is 1. The van der Waals surface area contributed by atoms with Gasteiger partial charge < -0.3 is 10.1 Å². The summed E-state index contributed by atoms with van der Waals surface area (Å²) in [5.74, 6) is -1.15. The molecule has 3 aromatic rings. The second-order valence-corrected chi connectivity index (χ2v) is 7.82. The first-order chi connectivity index (χ1) is 15.4. The van der Waals surface area contributed by atoms with Crippen molar-refractivity contribution in [3.63, 3.8) is 0 Å². The fourth-order valence-corrected chi connectivity index (χ4v) is 3.54. The maximum absolute atomic E-state index is 13.3. The van der Waals surface area contributed by atoms with Crippen molar-refractivity contribution >= 4 is 17.5 Å². The monoisotopic (exact) mass is 458 g/mol. The summed E-state index contributed by atoms with van der Waals surface area (Å²) in [6.45, 7) is 0.711. The lowest BCUT2D eigenvalue weighted by atomic mass is 10.2. The highest BCUT2D eigenvalue weighted by Gasteiger charge is 2.22. The number of nitrogens with zero attached hydrogens (tertiary/aromatic N) is 3. The van der Waals surface area contributed by atoms with Crippen LogP contribution >= 0.6 is 11.6 Å². The number of halogens is 2. The lowest BCUT2D eigenvalue weighted by Gasteiger charge is -2.14. The Hall–Kier alpha value is -3.30. The van der Waals surface area contributed by atoms with Crippen molar-refractivity contribution in [2.24, 2.45) is 0 Å². The van der Waals surface area contributed by atoms with E-state index in [0.29, 0.717) is 22.9 Å². The number of aromatic nitrogens is 3. The Morgan fingerprint density at radius 3 is 2.53 bits per heavy atom. The summed E-state index contributed by atoms with van der Waals surface area (Å²) in [5, 5.41) is 7.16. The molecule has 1 N–H and O–H groups in total. The maximum Gasteiger partial charge on any atom is 0.352 e. The second kappa shape index (κ2) is 9.46. The van der Waals surface area contributed by atoms with Crippen LogP contribution < -0.4 is 16.6 Å². The van der Waals surface area contributed by atoms with Crippen molar-refractivity contribution in [2.45, 2.75) is 25.5 Å². The van der Waals surface area contributed by atoms with Crippen LogP contribution in [0.1, 0.15) is 28.9 Å². The minimum Gasteiger partial charge on any atom is -0.376 e. The van der Waals surface area contributed by atoms with Gasteiger partial charge in [0, 0.05) is 18.2 Å². The third-order valence-electron chi connectivity index (χ3n) is 5.11. The van der Waals surface area contributed by atoms with Crippen molar-refractivity contribution in [1.82, 2.24) is 19.7 Å². The number of benzene rings is 2. The van der Waals surface area contributed by atoms with Crippen LogP contribution in [0.4, 0.5) is 4.39 Å². The molecule has 1 aliphatic heterocycles. The first-order valence-electron chi connectivity index (χ1n) is 10.1. The Kier molecular flexibility index (Phi) is 6.48. The molecule has 4 rings (SSSR count). The Morgan fingerprint density at radius 2 is 1.88 bits per heavy atom. The van der Waals surface area contributed by atoms with Crippen molar-refractivity contribution < 1.29 is 13.9 Å². The SMILES string of the molecule is O=C(NC[C@@H]1CCCO1)c1nn(-c2ccc(Cl)cc2)c(=O)n(Cc2ccc(F)cc2)c1=O. The van der Waals surface area contributed by atoms with Crippen LogP contribution in [0.25, 0.3) is 5.69 Å². The standard InChI is InChI=1S/C22H20ClFN4O4/c23-15-5-9-17(10-6-15)28-22(31)27(13-14-3-7-16(24)8-4-14)21(30)19(26-28)20(29)25-12-18-2-1-11-32-18/h3-10,18H,1-2,11-13H2,(H,25,29)/t18-/m0/s1. The smallest absolute Gasteiger partial charge is 0.352 e. The van der Waals surface area contributed by atoms with E-state index in [0.717, 1.165) is 22.1 Å². The zero-order valence-corrected chi connectivity index (χ0v) is 17.7. The summed E-state index contributed by atoms with van der Waals surface area (Å²) in [6, 6.07) is 11.6. The summed E-state index contributed by atoms with van der Waals surface area (Å²) in [4.78, 5) is 38.9. The Balaban J connectivity index is 1.75. The largest absolute Gasteiger partial charge is 0.376 e. The molecule has 1 aromatic heterocycles. The van der Waals surface area contributed by atoms with Gasteiger partial charge in [-0.05, 0) is 54.8 Å². The molecule has 0 spiro atoms. The van der Waals surface area contributed by atoms with Crippen LogP contribution in [-0.4, -0.2) is 39.5 Å². The Morgan fingerprint density at radius 1 is 1.16 bits per heavy atom. The zero-order valence-electron chi connectivity index (χ0n) is 17.0. The van der Waals surface area contributed by atoms with Crippen molar-refractivity contribution in [3.05, 3.63) is 91.5 Å². The van der Waals surface area contributed by atoms with Crippen LogP contribution in [0, 0.1) is 5.82 Å². The van der Waals surface area contributed by atoms with Gasteiger partial charge in [0.25, 0.3) is 11.5 Å². The molecule has 10 heteroatoms. The molecule has 1 amide bonds. The molecule has 1 atom stereocenters. The molecule has 1 saturated heterocycles. The van der Waals surface area contributed by atoms with Gasteiger partial charge in [-0.1, -0.05) is 23.7 Å². The molecule has 166 valence electrons. The number of hydrogen-bond donors (Lipinski definition) is 1. The van der Waals surface area contributed by atoms with Gasteiger partial charge in [-0.3, -0.25) is 14.2 Å². The minimum atomic E-state index is -0.839. The molecule has 0 radical (unpaired) electrons. The first-order valence-corrected chi connectivity index (χ1v) is 10.4. The summed E-state index contributed by atoms with van der Waals surface area (Å²) in [6.07, 6.45) is 1.60. The second-order valence-electron chi connectivity index (χ2n) is 7.38. The van der Waals surface area contributed by atoms with Gasteiger partial charge in [-0.15, -0.1) is 0 Å². The number of carbonyl (C=O) groups excluding carboxylic acids is 1. The van der Waals surface area contributed by atoms with Gasteiger partial charge in [0.1, 0.15) is 5.82 Å². The number of hydrogen-bond acceptors (Lipinski definition) is 5. The van der Waals surface area contributed by atoms with Crippen molar-refractivity contribution in [2.75, 3.05) is 13.2 Å². The van der Waals surface area contributed by atoms with Crippen LogP contribution in [0.3, 0.4) is 0 Å². The average Bonchev–Trinajstić information content (AvgIpc) is 3.31. The quantitative estimate of drug-likeness (QED) is 0.610. The van der Waals surface area contributed by atoms with Gasteiger partial charge in [-0.25, -0.2) is 9.18 Å². The van der Waals surface area contributed by atoms with Gasteiger partial charge >= 0.3 is 5.69 Å². The molecule has 32 heavy (non-hydrogen) atoms. The lowest BCUT2D eigenvalue weighted by molar-refractivity contribution is 0.0849. The number of rotatable bonds is 6. The molecule has 2 heterocycles. The highest BCUT2D eigenvalue weighted by molar-refractivity contribution is 6.30. The van der Waals surface area contributed by atoms with E-state index in [1.807, 2.05) is 0 Å². The van der Waals surface area contributed by atoms with Crippen LogP contribution in [0.5, 0.6) is 0 Å². The molecule has 0 aliphatic carbocycles. The molecule has 0 bridgehead atoms. The molecule has 1 aliphatic rings. The van der Waals surface area contributed by atoms with E-state index in [1.54, 1.807) is 24.3 Å². The Bertz CT molecular complexity index is 1230. The fraction of sp³-hybridized carbons (Fsp3) is 0.273. The number of carbonyl (C=O) groups is 1. The summed E-state index contributed by atoms with van der Waals surface area (Å²) >= 11 is 5.93. The number of nitrogens with one attached hydrogen (secondary N) is 1. The van der Waals surface area contributed by atoms with Crippen molar-refractivity contribution in [3.8, 4) is 5.69 Å². The lowest BCUT2D eigenvalue weighted by Crippen LogP contribution is -2.46. The molecule has 8 nitrogen and oxygen atoms in total. The third-order valence-corrected chi connectivity index (χ3v) is 5.37. The van der Waals surface area contributed by atoms with Crippen LogP contribution in [-0.2, 0) is 11.3 Å². The molecule has 0 saturated carbocycles. The van der Waals surface area contributed by atoms with Gasteiger partial charge in [-0.2, -0.15) is 9.78 Å². The molecular formula is C22H20ClFN4O4. The Labute approximate surface area is 187 Å². The van der Waals surface area contributed by atoms with E-state index in [1.165, 1.54) is 24.3 Å². The van der Waals surface area contributed by atoms with E-state index in [-0.39, 0.29) is 19.2 Å². The molecule has 1 fully saturated rings. The normalized spacial score (nSPS) is 15.6. The maximum atomic E-state index is 13.3. The predicted octanol–water partition coefficient (Wildman–Crippen LogP) is 2.14. The van der Waals surface area contributed by atoms with Crippen LogP contribution in [0.15, 0.2) is 58.1 Å². The van der Waals surface area contributed by atoms with E-state index >= 15 is 0 Å². The number of amides is 1. The molecular weight excluding hydrogens is 439 g/mol. The fourth-order valence-electron chi connectivity index (χ4n) is 3.41. The van der Waals surface area contributed by atoms with E-state index in [4.69, 9.17) is 16.3 Å². The topological polar surface area (TPSA) is 95.2 Å². The van der Waals surface area contributed by atoms with Gasteiger partial charge in [0.15, 0.2) is 0 Å². The van der Waals surface area contributed by atoms with Gasteiger partial charge in [0.05, 0.1) is 18.3 Å². The zero-order chi connectivity index (χ0) is 22.7. The highest BCUT2D eigenvalue weighted by Crippen LogP contribution is 2.12. The highest BCUT2D eigenvalue weighted by atomic mass is 35.5. The first kappa shape index (κ1) is 21.9. The van der Waals surface area contributed by atoms with E-state index in [9.17, 15) is 18.8 Å².